The number of carbonyl (C=O) groups excluding carboxylic acids is 2. The van der Waals surface area contributed by atoms with E-state index in [1.807, 2.05) is 47.1 Å². The predicted octanol–water partition coefficient (Wildman–Crippen LogP) is 1.50. The van der Waals surface area contributed by atoms with Gasteiger partial charge in [0.05, 0.1) is 5.54 Å². The summed E-state index contributed by atoms with van der Waals surface area (Å²) in [5.41, 5.74) is 0.289. The topological polar surface area (TPSA) is 52.7 Å². The normalized spacial score (nSPS) is 25.3. The largest absolute Gasteiger partial charge is 0.338 e. The van der Waals surface area contributed by atoms with E-state index >= 15 is 0 Å². The van der Waals surface area contributed by atoms with Crippen LogP contribution < -0.4 is 5.32 Å². The first kappa shape index (κ1) is 16.0. The highest BCUT2D eigenvalue weighted by atomic mass is 16.2. The molecule has 124 valence electrons. The Labute approximate surface area is 137 Å². The van der Waals surface area contributed by atoms with Crippen LogP contribution in [0.3, 0.4) is 0 Å². The summed E-state index contributed by atoms with van der Waals surface area (Å²) in [7, 11) is 0. The Hall–Kier alpha value is -1.88. The molecule has 0 aliphatic carbocycles. The van der Waals surface area contributed by atoms with Gasteiger partial charge in [-0.25, -0.2) is 0 Å². The lowest BCUT2D eigenvalue weighted by Crippen LogP contribution is -2.61. The second-order valence-corrected chi connectivity index (χ2v) is 6.67. The molecule has 1 atom stereocenters. The predicted molar refractivity (Wildman–Crippen MR) is 89.2 cm³/mol. The lowest BCUT2D eigenvalue weighted by atomic mass is 9.89. The van der Waals surface area contributed by atoms with Crippen LogP contribution in [-0.2, 0) is 4.79 Å². The summed E-state index contributed by atoms with van der Waals surface area (Å²) < 4.78 is 0. The van der Waals surface area contributed by atoms with Crippen molar-refractivity contribution < 1.29 is 9.59 Å². The molecule has 0 bridgehead atoms. The molecule has 1 unspecified atom stereocenters. The van der Waals surface area contributed by atoms with E-state index in [1.54, 1.807) is 0 Å². The Balaban J connectivity index is 1.58. The molecule has 2 fully saturated rings. The first-order valence-corrected chi connectivity index (χ1v) is 8.49. The van der Waals surface area contributed by atoms with Gasteiger partial charge in [-0.15, -0.1) is 0 Å². The molecule has 2 aliphatic rings. The molecule has 1 aromatic rings. The summed E-state index contributed by atoms with van der Waals surface area (Å²) in [6, 6.07) is 9.34. The smallest absolute Gasteiger partial charge is 0.253 e. The second kappa shape index (κ2) is 6.71. The molecule has 0 radical (unpaired) electrons. The highest BCUT2D eigenvalue weighted by Crippen LogP contribution is 2.22. The van der Waals surface area contributed by atoms with Gasteiger partial charge in [0.1, 0.15) is 0 Å². The first-order chi connectivity index (χ1) is 11.1. The highest BCUT2D eigenvalue weighted by Gasteiger charge is 2.38. The van der Waals surface area contributed by atoms with Crippen LogP contribution >= 0.6 is 0 Å². The Morgan fingerprint density at radius 3 is 2.26 bits per heavy atom. The molecule has 0 spiro atoms. The van der Waals surface area contributed by atoms with Crippen LogP contribution in [0.2, 0.25) is 0 Å². The summed E-state index contributed by atoms with van der Waals surface area (Å²) in [5, 5.41) is 3.38. The minimum Gasteiger partial charge on any atom is -0.338 e. The van der Waals surface area contributed by atoms with Crippen molar-refractivity contribution in [2.45, 2.75) is 31.7 Å². The Kier molecular flexibility index (Phi) is 4.66. The van der Waals surface area contributed by atoms with Gasteiger partial charge < -0.3 is 15.1 Å². The van der Waals surface area contributed by atoms with Gasteiger partial charge in [-0.2, -0.15) is 0 Å². The van der Waals surface area contributed by atoms with Crippen LogP contribution in [-0.4, -0.2) is 59.9 Å². The molecule has 5 heteroatoms. The molecule has 3 rings (SSSR count). The number of nitrogens with one attached hydrogen (secondary N) is 1. The third-order valence-corrected chi connectivity index (χ3v) is 4.97. The number of rotatable bonds is 2. The fourth-order valence-electron chi connectivity index (χ4n) is 3.46. The van der Waals surface area contributed by atoms with Gasteiger partial charge in [-0.3, -0.25) is 9.59 Å². The van der Waals surface area contributed by atoms with Crippen molar-refractivity contribution >= 4 is 11.8 Å². The third kappa shape index (κ3) is 3.39. The maximum atomic E-state index is 12.8. The zero-order valence-corrected chi connectivity index (χ0v) is 13.8. The molecule has 2 aliphatic heterocycles. The molecule has 0 saturated carbocycles. The van der Waals surface area contributed by atoms with Crippen molar-refractivity contribution in [3.63, 3.8) is 0 Å². The van der Waals surface area contributed by atoms with Crippen LogP contribution in [0.15, 0.2) is 30.3 Å². The summed E-state index contributed by atoms with van der Waals surface area (Å²) in [5.74, 6) is 0.240. The van der Waals surface area contributed by atoms with Gasteiger partial charge in [-0.05, 0) is 44.9 Å². The summed E-state index contributed by atoms with van der Waals surface area (Å²) in [6.45, 7) is 5.37. The van der Waals surface area contributed by atoms with Gasteiger partial charge in [-0.1, -0.05) is 18.2 Å². The minimum atomic E-state index is -0.427. The third-order valence-electron chi connectivity index (χ3n) is 4.97. The average Bonchev–Trinajstić information content (AvgIpc) is 2.62. The van der Waals surface area contributed by atoms with E-state index < -0.39 is 5.54 Å². The van der Waals surface area contributed by atoms with Crippen molar-refractivity contribution in [1.82, 2.24) is 15.1 Å². The fourth-order valence-corrected chi connectivity index (χ4v) is 3.46. The Bertz CT molecular complexity index is 559. The van der Waals surface area contributed by atoms with E-state index in [1.165, 1.54) is 0 Å². The standard InChI is InChI=1S/C18H25N3O2/c1-18(9-5-6-10-19-18)17(23)21-13-11-20(12-14-21)16(22)15-7-3-2-4-8-15/h2-4,7-8,19H,5-6,9-14H2,1H3. The van der Waals surface area contributed by atoms with E-state index in [0.29, 0.717) is 31.7 Å². The van der Waals surface area contributed by atoms with Crippen LogP contribution in [0.1, 0.15) is 36.5 Å². The molecule has 23 heavy (non-hydrogen) atoms. The number of hydrogen-bond acceptors (Lipinski definition) is 3. The van der Waals surface area contributed by atoms with E-state index in [4.69, 9.17) is 0 Å². The number of benzene rings is 1. The maximum absolute atomic E-state index is 12.8. The SMILES string of the molecule is CC1(C(=O)N2CCN(C(=O)c3ccccc3)CC2)CCCCN1. The van der Waals surface area contributed by atoms with E-state index in [9.17, 15) is 9.59 Å². The van der Waals surface area contributed by atoms with Crippen molar-refractivity contribution in [2.24, 2.45) is 0 Å². The number of piperidine rings is 1. The molecular weight excluding hydrogens is 290 g/mol. The van der Waals surface area contributed by atoms with Crippen molar-refractivity contribution in [3.8, 4) is 0 Å². The molecule has 5 nitrogen and oxygen atoms in total. The molecule has 2 heterocycles. The zero-order valence-electron chi connectivity index (χ0n) is 13.8. The Morgan fingerprint density at radius 2 is 1.65 bits per heavy atom. The lowest BCUT2D eigenvalue weighted by molar-refractivity contribution is -0.140. The molecule has 1 N–H and O–H groups in total. The van der Waals surface area contributed by atoms with Gasteiger partial charge in [0, 0.05) is 31.7 Å². The molecule has 2 amide bonds. The average molecular weight is 315 g/mol. The number of piperazine rings is 1. The number of carbonyl (C=O) groups is 2. The molecule has 2 saturated heterocycles. The van der Waals surface area contributed by atoms with Gasteiger partial charge in [0.2, 0.25) is 5.91 Å². The lowest BCUT2D eigenvalue weighted by Gasteiger charge is -2.41. The zero-order chi connectivity index (χ0) is 16.3. The van der Waals surface area contributed by atoms with Crippen molar-refractivity contribution in [2.75, 3.05) is 32.7 Å². The minimum absolute atomic E-state index is 0.0553. The summed E-state index contributed by atoms with van der Waals surface area (Å²) >= 11 is 0. The van der Waals surface area contributed by atoms with Crippen molar-refractivity contribution in [3.05, 3.63) is 35.9 Å². The maximum Gasteiger partial charge on any atom is 0.253 e. The van der Waals surface area contributed by atoms with Crippen LogP contribution in [0, 0.1) is 0 Å². The highest BCUT2D eigenvalue weighted by molar-refractivity contribution is 5.94. The first-order valence-electron chi connectivity index (χ1n) is 8.49. The van der Waals surface area contributed by atoms with E-state index in [0.717, 1.165) is 25.8 Å². The Morgan fingerprint density at radius 1 is 1.00 bits per heavy atom. The van der Waals surface area contributed by atoms with Gasteiger partial charge in [0.15, 0.2) is 0 Å². The number of amides is 2. The van der Waals surface area contributed by atoms with Crippen LogP contribution in [0.25, 0.3) is 0 Å². The number of hydrogen-bond donors (Lipinski definition) is 1. The molecular formula is C18H25N3O2. The monoisotopic (exact) mass is 315 g/mol. The quantitative estimate of drug-likeness (QED) is 0.900. The van der Waals surface area contributed by atoms with Crippen LogP contribution in [0.5, 0.6) is 0 Å². The van der Waals surface area contributed by atoms with Crippen molar-refractivity contribution in [1.29, 1.82) is 0 Å². The van der Waals surface area contributed by atoms with Gasteiger partial charge >= 0.3 is 0 Å². The van der Waals surface area contributed by atoms with Gasteiger partial charge in [0.25, 0.3) is 5.91 Å². The number of nitrogens with zero attached hydrogens (tertiary/aromatic N) is 2. The van der Waals surface area contributed by atoms with E-state index in [-0.39, 0.29) is 11.8 Å². The molecule has 0 aromatic heterocycles. The summed E-state index contributed by atoms with van der Waals surface area (Å²) in [4.78, 5) is 29.0. The fraction of sp³-hybridized carbons (Fsp3) is 0.556. The molecule has 1 aromatic carbocycles. The summed E-state index contributed by atoms with van der Waals surface area (Å²) in [6.07, 6.45) is 3.14. The van der Waals surface area contributed by atoms with Crippen LogP contribution in [0.4, 0.5) is 0 Å². The van der Waals surface area contributed by atoms with E-state index in [2.05, 4.69) is 5.32 Å². The second-order valence-electron chi connectivity index (χ2n) is 6.67.